The highest BCUT2D eigenvalue weighted by Gasteiger charge is 2.36. The van der Waals surface area contributed by atoms with Gasteiger partial charge in [-0.05, 0) is 18.8 Å². The SMILES string of the molecule is CCC(NC(=O)NC1CC1CC)C(=O)O. The molecule has 1 aliphatic rings. The molecule has 5 nitrogen and oxygen atoms in total. The molecule has 1 saturated carbocycles. The first-order valence-electron chi connectivity index (χ1n) is 5.38. The molecular formula is C10H18N2O3. The van der Waals surface area contributed by atoms with Crippen molar-refractivity contribution in [3.8, 4) is 0 Å². The Morgan fingerprint density at radius 2 is 2.13 bits per heavy atom. The molecule has 5 heteroatoms. The molecule has 0 aromatic heterocycles. The van der Waals surface area contributed by atoms with E-state index in [0.717, 1.165) is 12.8 Å². The third-order valence-electron chi connectivity index (χ3n) is 2.78. The van der Waals surface area contributed by atoms with Crippen LogP contribution in [-0.4, -0.2) is 29.2 Å². The minimum Gasteiger partial charge on any atom is -0.480 e. The van der Waals surface area contributed by atoms with E-state index in [1.165, 1.54) is 0 Å². The van der Waals surface area contributed by atoms with Gasteiger partial charge in [0.2, 0.25) is 0 Å². The first kappa shape index (κ1) is 11.8. The smallest absolute Gasteiger partial charge is 0.326 e. The van der Waals surface area contributed by atoms with Crippen LogP contribution in [-0.2, 0) is 4.79 Å². The van der Waals surface area contributed by atoms with Gasteiger partial charge in [-0.3, -0.25) is 0 Å². The molecule has 3 atom stereocenters. The molecule has 0 saturated heterocycles. The van der Waals surface area contributed by atoms with E-state index in [2.05, 4.69) is 17.6 Å². The van der Waals surface area contributed by atoms with Crippen LogP contribution in [0.4, 0.5) is 4.79 Å². The number of urea groups is 1. The quantitative estimate of drug-likeness (QED) is 0.637. The number of hydrogen-bond donors (Lipinski definition) is 3. The zero-order chi connectivity index (χ0) is 11.4. The monoisotopic (exact) mass is 214 g/mol. The Hall–Kier alpha value is -1.26. The van der Waals surface area contributed by atoms with Crippen molar-refractivity contribution in [1.82, 2.24) is 10.6 Å². The van der Waals surface area contributed by atoms with E-state index in [-0.39, 0.29) is 12.1 Å². The average Bonchev–Trinajstić information content (AvgIpc) is 2.92. The molecule has 1 rings (SSSR count). The normalized spacial score (nSPS) is 25.5. The van der Waals surface area contributed by atoms with Crippen molar-refractivity contribution in [2.45, 2.75) is 45.2 Å². The maximum Gasteiger partial charge on any atom is 0.326 e. The van der Waals surface area contributed by atoms with Crippen LogP contribution in [0.2, 0.25) is 0 Å². The molecule has 0 spiro atoms. The second-order valence-corrected chi connectivity index (χ2v) is 3.93. The van der Waals surface area contributed by atoms with Crippen molar-refractivity contribution in [3.63, 3.8) is 0 Å². The van der Waals surface area contributed by atoms with Gasteiger partial charge in [-0.15, -0.1) is 0 Å². The van der Waals surface area contributed by atoms with Crippen LogP contribution in [0.5, 0.6) is 0 Å². The van der Waals surface area contributed by atoms with E-state index in [0.29, 0.717) is 12.3 Å². The molecule has 0 bridgehead atoms. The van der Waals surface area contributed by atoms with Crippen LogP contribution in [0.25, 0.3) is 0 Å². The van der Waals surface area contributed by atoms with Crippen LogP contribution in [0.15, 0.2) is 0 Å². The summed E-state index contributed by atoms with van der Waals surface area (Å²) in [7, 11) is 0. The lowest BCUT2D eigenvalue weighted by Crippen LogP contribution is -2.46. The highest BCUT2D eigenvalue weighted by molar-refractivity contribution is 5.82. The summed E-state index contributed by atoms with van der Waals surface area (Å²) < 4.78 is 0. The first-order chi connectivity index (χ1) is 7.08. The second kappa shape index (κ2) is 5.00. The summed E-state index contributed by atoms with van der Waals surface area (Å²) >= 11 is 0. The summed E-state index contributed by atoms with van der Waals surface area (Å²) in [6, 6.07) is -0.921. The van der Waals surface area contributed by atoms with E-state index < -0.39 is 12.0 Å². The lowest BCUT2D eigenvalue weighted by molar-refractivity contribution is -0.139. The van der Waals surface area contributed by atoms with Gasteiger partial charge < -0.3 is 15.7 Å². The van der Waals surface area contributed by atoms with Crippen LogP contribution in [0.3, 0.4) is 0 Å². The minimum absolute atomic E-state index is 0.237. The number of nitrogens with one attached hydrogen (secondary N) is 2. The molecule has 1 fully saturated rings. The number of carbonyl (C=O) groups is 2. The van der Waals surface area contributed by atoms with Crippen molar-refractivity contribution in [2.75, 3.05) is 0 Å². The standard InChI is InChI=1S/C10H18N2O3/c1-3-6-5-8(6)12-10(15)11-7(4-2)9(13)14/h6-8H,3-5H2,1-2H3,(H,13,14)(H2,11,12,15). The van der Waals surface area contributed by atoms with E-state index in [9.17, 15) is 9.59 Å². The van der Waals surface area contributed by atoms with Gasteiger partial charge in [0.25, 0.3) is 0 Å². The number of carbonyl (C=O) groups excluding carboxylic acids is 1. The number of amides is 2. The predicted molar refractivity (Wildman–Crippen MR) is 55.6 cm³/mol. The fourth-order valence-electron chi connectivity index (χ4n) is 1.58. The van der Waals surface area contributed by atoms with Gasteiger partial charge in [-0.1, -0.05) is 20.3 Å². The molecule has 0 heterocycles. The number of rotatable bonds is 5. The highest BCUT2D eigenvalue weighted by Crippen LogP contribution is 2.32. The van der Waals surface area contributed by atoms with Crippen molar-refractivity contribution in [3.05, 3.63) is 0 Å². The summed E-state index contributed by atoms with van der Waals surface area (Å²) in [6.07, 6.45) is 2.46. The van der Waals surface area contributed by atoms with Crippen LogP contribution in [0.1, 0.15) is 33.1 Å². The number of carboxylic acids is 1. The molecule has 15 heavy (non-hydrogen) atoms. The van der Waals surface area contributed by atoms with E-state index in [1.54, 1.807) is 6.92 Å². The average molecular weight is 214 g/mol. The largest absolute Gasteiger partial charge is 0.480 e. The van der Waals surface area contributed by atoms with Crippen molar-refractivity contribution >= 4 is 12.0 Å². The fourth-order valence-corrected chi connectivity index (χ4v) is 1.58. The molecule has 86 valence electrons. The molecule has 1 aliphatic carbocycles. The fraction of sp³-hybridized carbons (Fsp3) is 0.800. The summed E-state index contributed by atoms with van der Waals surface area (Å²) in [4.78, 5) is 22.0. The minimum atomic E-state index is -0.990. The molecule has 0 aliphatic heterocycles. The second-order valence-electron chi connectivity index (χ2n) is 3.93. The Labute approximate surface area is 89.2 Å². The van der Waals surface area contributed by atoms with Gasteiger partial charge in [0, 0.05) is 6.04 Å². The maximum atomic E-state index is 11.3. The topological polar surface area (TPSA) is 78.4 Å². The third-order valence-corrected chi connectivity index (χ3v) is 2.78. The lowest BCUT2D eigenvalue weighted by atomic mass is 10.2. The Kier molecular flexibility index (Phi) is 3.94. The Morgan fingerprint density at radius 3 is 2.53 bits per heavy atom. The maximum absolute atomic E-state index is 11.3. The molecule has 3 N–H and O–H groups in total. The highest BCUT2D eigenvalue weighted by atomic mass is 16.4. The zero-order valence-corrected chi connectivity index (χ0v) is 9.12. The number of carboxylic acid groups (broad SMARTS) is 1. The molecular weight excluding hydrogens is 196 g/mol. The molecule has 0 radical (unpaired) electrons. The Morgan fingerprint density at radius 1 is 1.47 bits per heavy atom. The third kappa shape index (κ3) is 3.42. The summed E-state index contributed by atoms with van der Waals surface area (Å²) in [5, 5.41) is 13.9. The van der Waals surface area contributed by atoms with E-state index in [1.807, 2.05) is 0 Å². The van der Waals surface area contributed by atoms with Crippen molar-refractivity contribution in [1.29, 1.82) is 0 Å². The van der Waals surface area contributed by atoms with E-state index >= 15 is 0 Å². The summed E-state index contributed by atoms with van der Waals surface area (Å²) in [5.74, 6) is -0.420. The number of hydrogen-bond acceptors (Lipinski definition) is 2. The van der Waals surface area contributed by atoms with E-state index in [4.69, 9.17) is 5.11 Å². The molecule has 0 aromatic carbocycles. The first-order valence-corrected chi connectivity index (χ1v) is 5.38. The summed E-state index contributed by atoms with van der Waals surface area (Å²) in [6.45, 7) is 3.81. The van der Waals surface area contributed by atoms with Gasteiger partial charge in [-0.25, -0.2) is 9.59 Å². The number of aliphatic carboxylic acids is 1. The van der Waals surface area contributed by atoms with Gasteiger partial charge in [0.05, 0.1) is 0 Å². The van der Waals surface area contributed by atoms with Gasteiger partial charge in [0.1, 0.15) is 6.04 Å². The van der Waals surface area contributed by atoms with Crippen molar-refractivity contribution < 1.29 is 14.7 Å². The summed E-state index contributed by atoms with van der Waals surface area (Å²) in [5.41, 5.74) is 0. The van der Waals surface area contributed by atoms with Gasteiger partial charge in [-0.2, -0.15) is 0 Å². The van der Waals surface area contributed by atoms with Gasteiger partial charge in [0.15, 0.2) is 0 Å². The Bertz CT molecular complexity index is 255. The zero-order valence-electron chi connectivity index (χ0n) is 9.12. The van der Waals surface area contributed by atoms with Gasteiger partial charge >= 0.3 is 12.0 Å². The lowest BCUT2D eigenvalue weighted by Gasteiger charge is -2.12. The van der Waals surface area contributed by atoms with Crippen LogP contribution >= 0.6 is 0 Å². The molecule has 3 unspecified atom stereocenters. The molecule has 2 amide bonds. The molecule has 0 aromatic rings. The Balaban J connectivity index is 2.26. The predicted octanol–water partition coefficient (Wildman–Crippen LogP) is 0.947. The van der Waals surface area contributed by atoms with Crippen LogP contribution in [0, 0.1) is 5.92 Å². The van der Waals surface area contributed by atoms with Crippen LogP contribution < -0.4 is 10.6 Å². The van der Waals surface area contributed by atoms with Crippen molar-refractivity contribution in [2.24, 2.45) is 5.92 Å².